The minimum absolute atomic E-state index is 0.278. The van der Waals surface area contributed by atoms with Crippen molar-refractivity contribution in [1.82, 2.24) is 9.97 Å². The Morgan fingerprint density at radius 2 is 2.18 bits per heavy atom. The predicted molar refractivity (Wildman–Crippen MR) is 65.7 cm³/mol. The molecule has 1 heterocycles. The van der Waals surface area contributed by atoms with Crippen LogP contribution in [0.1, 0.15) is 28.3 Å². The zero-order valence-electron chi connectivity index (χ0n) is 10.2. The van der Waals surface area contributed by atoms with Gasteiger partial charge in [0.2, 0.25) is 0 Å². The summed E-state index contributed by atoms with van der Waals surface area (Å²) in [4.78, 5) is 18.7. The van der Waals surface area contributed by atoms with E-state index in [1.165, 1.54) is 7.11 Å². The second-order valence-corrected chi connectivity index (χ2v) is 3.96. The fraction of sp³-hybridized carbons (Fsp3) is 0.545. The van der Waals surface area contributed by atoms with Crippen LogP contribution in [0.2, 0.25) is 0 Å². The number of nitrogens with one attached hydrogen (secondary N) is 1. The Bertz CT molecular complexity index is 457. The third kappa shape index (κ3) is 3.61. The lowest BCUT2D eigenvalue weighted by molar-refractivity contribution is 0.0598. The van der Waals surface area contributed by atoms with Gasteiger partial charge in [-0.05, 0) is 13.3 Å². The molecule has 94 valence electrons. The number of rotatable bonds is 5. The lowest BCUT2D eigenvalue weighted by atomic mass is 10.2. The number of aromatic amines is 1. The monoisotopic (exact) mass is 256 g/mol. The molecule has 0 aliphatic rings. The van der Waals surface area contributed by atoms with E-state index in [0.717, 1.165) is 18.7 Å². The number of carbonyl (C=O) groups excluding carboxylic acids is 1. The molecule has 1 aromatic rings. The highest BCUT2D eigenvalue weighted by Crippen LogP contribution is 2.09. The van der Waals surface area contributed by atoms with Gasteiger partial charge in [0, 0.05) is 25.8 Å². The first-order valence-corrected chi connectivity index (χ1v) is 5.68. The Morgan fingerprint density at radius 3 is 2.71 bits per heavy atom. The zero-order chi connectivity index (χ0) is 12.8. The molecule has 0 unspecified atom stereocenters. The van der Waals surface area contributed by atoms with Gasteiger partial charge in [-0.2, -0.15) is 0 Å². The average Bonchev–Trinajstić information content (AvgIpc) is 2.28. The average molecular weight is 256 g/mol. The summed E-state index contributed by atoms with van der Waals surface area (Å²) in [6, 6.07) is 0. The number of ether oxygens (including phenoxy) is 2. The molecule has 0 atom stereocenters. The second-order valence-electron chi connectivity index (χ2n) is 3.58. The molecule has 17 heavy (non-hydrogen) atoms. The SMILES string of the molecule is COCCCc1nc(=S)c(C(=O)OC)c(C)[nH]1. The number of esters is 1. The summed E-state index contributed by atoms with van der Waals surface area (Å²) < 4.78 is 9.89. The van der Waals surface area contributed by atoms with Gasteiger partial charge in [-0.1, -0.05) is 12.2 Å². The van der Waals surface area contributed by atoms with Crippen molar-refractivity contribution in [1.29, 1.82) is 0 Å². The normalized spacial score (nSPS) is 10.3. The zero-order valence-corrected chi connectivity index (χ0v) is 11.0. The smallest absolute Gasteiger partial charge is 0.342 e. The number of hydrogen-bond acceptors (Lipinski definition) is 5. The minimum Gasteiger partial charge on any atom is -0.465 e. The molecule has 5 nitrogen and oxygen atoms in total. The Balaban J connectivity index is 2.94. The van der Waals surface area contributed by atoms with E-state index < -0.39 is 5.97 Å². The van der Waals surface area contributed by atoms with Gasteiger partial charge in [0.1, 0.15) is 16.0 Å². The highest BCUT2D eigenvalue weighted by Gasteiger charge is 2.13. The van der Waals surface area contributed by atoms with Crippen molar-refractivity contribution in [3.63, 3.8) is 0 Å². The van der Waals surface area contributed by atoms with Gasteiger partial charge in [-0.3, -0.25) is 0 Å². The van der Waals surface area contributed by atoms with Gasteiger partial charge in [-0.15, -0.1) is 0 Å². The molecule has 0 aliphatic heterocycles. The molecule has 1 aromatic heterocycles. The summed E-state index contributed by atoms with van der Waals surface area (Å²) in [6.07, 6.45) is 1.59. The van der Waals surface area contributed by atoms with E-state index in [1.807, 2.05) is 0 Å². The quantitative estimate of drug-likeness (QED) is 0.494. The molecule has 0 amide bonds. The molecular weight excluding hydrogens is 240 g/mol. The summed E-state index contributed by atoms with van der Waals surface area (Å²) in [5.41, 5.74) is 1.02. The summed E-state index contributed by atoms with van der Waals surface area (Å²) in [6.45, 7) is 2.45. The lowest BCUT2D eigenvalue weighted by Gasteiger charge is -2.07. The van der Waals surface area contributed by atoms with Crippen molar-refractivity contribution in [2.75, 3.05) is 20.8 Å². The van der Waals surface area contributed by atoms with E-state index in [-0.39, 0.29) is 4.64 Å². The largest absolute Gasteiger partial charge is 0.465 e. The maximum Gasteiger partial charge on any atom is 0.342 e. The number of aryl methyl sites for hydroxylation is 2. The highest BCUT2D eigenvalue weighted by atomic mass is 32.1. The number of H-pyrrole nitrogens is 1. The first kappa shape index (κ1) is 13.8. The first-order valence-electron chi connectivity index (χ1n) is 5.27. The van der Waals surface area contributed by atoms with Gasteiger partial charge in [0.05, 0.1) is 7.11 Å². The number of hydrogen-bond donors (Lipinski definition) is 1. The minimum atomic E-state index is -0.459. The van der Waals surface area contributed by atoms with Crippen LogP contribution >= 0.6 is 12.2 Å². The fourth-order valence-corrected chi connectivity index (χ4v) is 1.84. The molecule has 0 saturated carbocycles. The van der Waals surface area contributed by atoms with Crippen LogP contribution in [-0.2, 0) is 15.9 Å². The lowest BCUT2D eigenvalue weighted by Crippen LogP contribution is -2.10. The van der Waals surface area contributed by atoms with E-state index in [4.69, 9.17) is 17.0 Å². The van der Waals surface area contributed by atoms with E-state index >= 15 is 0 Å². The maximum atomic E-state index is 11.5. The van der Waals surface area contributed by atoms with Gasteiger partial charge in [-0.25, -0.2) is 9.78 Å². The first-order chi connectivity index (χ1) is 8.10. The molecule has 0 radical (unpaired) electrons. The number of carbonyl (C=O) groups is 1. The molecule has 0 bridgehead atoms. The molecule has 0 spiro atoms. The van der Waals surface area contributed by atoms with E-state index in [0.29, 0.717) is 17.9 Å². The van der Waals surface area contributed by atoms with Crippen LogP contribution < -0.4 is 0 Å². The van der Waals surface area contributed by atoms with Gasteiger partial charge in [0.25, 0.3) is 0 Å². The Morgan fingerprint density at radius 1 is 1.47 bits per heavy atom. The number of nitrogens with zero attached hydrogens (tertiary/aromatic N) is 1. The third-order valence-corrected chi connectivity index (χ3v) is 2.60. The van der Waals surface area contributed by atoms with Crippen molar-refractivity contribution in [2.24, 2.45) is 0 Å². The predicted octanol–water partition coefficient (Wildman–Crippen LogP) is 1.81. The molecule has 0 aliphatic carbocycles. The van der Waals surface area contributed by atoms with Crippen LogP contribution in [-0.4, -0.2) is 36.8 Å². The third-order valence-electron chi connectivity index (χ3n) is 2.31. The van der Waals surface area contributed by atoms with Crippen LogP contribution in [0, 0.1) is 11.6 Å². The topological polar surface area (TPSA) is 64.2 Å². The van der Waals surface area contributed by atoms with Gasteiger partial charge < -0.3 is 14.5 Å². The van der Waals surface area contributed by atoms with E-state index in [1.54, 1.807) is 14.0 Å². The van der Waals surface area contributed by atoms with Crippen molar-refractivity contribution >= 4 is 18.2 Å². The molecule has 0 saturated heterocycles. The van der Waals surface area contributed by atoms with Crippen molar-refractivity contribution in [3.8, 4) is 0 Å². The Kier molecular flexibility index (Phi) is 5.24. The van der Waals surface area contributed by atoms with Crippen LogP contribution in [0.15, 0.2) is 0 Å². The number of aromatic nitrogens is 2. The Labute approximate surface area is 105 Å². The number of methoxy groups -OCH3 is 2. The van der Waals surface area contributed by atoms with Gasteiger partial charge >= 0.3 is 5.97 Å². The molecule has 1 rings (SSSR count). The molecule has 0 fully saturated rings. The summed E-state index contributed by atoms with van der Waals surface area (Å²) in [5, 5.41) is 0. The van der Waals surface area contributed by atoms with Crippen LogP contribution in [0.3, 0.4) is 0 Å². The van der Waals surface area contributed by atoms with Crippen molar-refractivity contribution < 1.29 is 14.3 Å². The van der Waals surface area contributed by atoms with Crippen molar-refractivity contribution in [3.05, 3.63) is 21.7 Å². The van der Waals surface area contributed by atoms with E-state index in [2.05, 4.69) is 14.7 Å². The van der Waals surface area contributed by atoms with E-state index in [9.17, 15) is 4.79 Å². The maximum absolute atomic E-state index is 11.5. The summed E-state index contributed by atoms with van der Waals surface area (Å²) in [5.74, 6) is 0.303. The summed E-state index contributed by atoms with van der Waals surface area (Å²) >= 11 is 5.09. The second kappa shape index (κ2) is 6.46. The molecular formula is C11H16N2O3S. The highest BCUT2D eigenvalue weighted by molar-refractivity contribution is 7.71. The summed E-state index contributed by atoms with van der Waals surface area (Å²) in [7, 11) is 2.98. The van der Waals surface area contributed by atoms with Crippen LogP contribution in [0.25, 0.3) is 0 Å². The molecule has 6 heteroatoms. The molecule has 1 N–H and O–H groups in total. The fourth-order valence-electron chi connectivity index (χ4n) is 1.49. The van der Waals surface area contributed by atoms with Crippen molar-refractivity contribution in [2.45, 2.75) is 19.8 Å². The van der Waals surface area contributed by atoms with Crippen LogP contribution in [0.5, 0.6) is 0 Å². The molecule has 0 aromatic carbocycles. The van der Waals surface area contributed by atoms with Crippen LogP contribution in [0.4, 0.5) is 0 Å². The Hall–Kier alpha value is -1.27. The van der Waals surface area contributed by atoms with Gasteiger partial charge in [0.15, 0.2) is 0 Å². The standard InChI is InChI=1S/C11H16N2O3S/c1-7-9(11(14)16-3)10(17)13-8(12-7)5-4-6-15-2/h4-6H2,1-3H3,(H,12,13,17).